The van der Waals surface area contributed by atoms with Crippen molar-refractivity contribution >= 4 is 5.91 Å². The predicted octanol–water partition coefficient (Wildman–Crippen LogP) is 1.28. The zero-order valence-electron chi connectivity index (χ0n) is 9.47. The first-order valence-electron chi connectivity index (χ1n) is 5.48. The van der Waals surface area contributed by atoms with Crippen molar-refractivity contribution in [2.24, 2.45) is 17.1 Å². The zero-order valence-corrected chi connectivity index (χ0v) is 9.47. The molecular weight excluding hydrogens is 176 g/mol. The lowest BCUT2D eigenvalue weighted by atomic mass is 9.81. The molecule has 0 aliphatic heterocycles. The molecule has 1 amide bonds. The second kappa shape index (κ2) is 4.30. The Bertz CT molecular complexity index is 213. The fraction of sp³-hybridized carbons (Fsp3) is 0.909. The molecule has 1 aliphatic rings. The van der Waals surface area contributed by atoms with E-state index < -0.39 is 0 Å². The highest BCUT2D eigenvalue weighted by Crippen LogP contribution is 2.42. The van der Waals surface area contributed by atoms with E-state index in [4.69, 9.17) is 5.73 Å². The summed E-state index contributed by atoms with van der Waals surface area (Å²) < 4.78 is 0. The maximum Gasteiger partial charge on any atom is 0.223 e. The van der Waals surface area contributed by atoms with Gasteiger partial charge in [-0.05, 0) is 25.2 Å². The topological polar surface area (TPSA) is 55.1 Å². The van der Waals surface area contributed by atoms with Crippen molar-refractivity contribution in [3.63, 3.8) is 0 Å². The minimum atomic E-state index is 0.0962. The van der Waals surface area contributed by atoms with Gasteiger partial charge < -0.3 is 11.1 Å². The van der Waals surface area contributed by atoms with Crippen molar-refractivity contribution in [3.05, 3.63) is 0 Å². The van der Waals surface area contributed by atoms with Crippen LogP contribution in [0.2, 0.25) is 0 Å². The van der Waals surface area contributed by atoms with Gasteiger partial charge >= 0.3 is 0 Å². The molecule has 3 nitrogen and oxygen atoms in total. The first kappa shape index (κ1) is 11.5. The van der Waals surface area contributed by atoms with Gasteiger partial charge in [0.1, 0.15) is 0 Å². The quantitative estimate of drug-likeness (QED) is 0.717. The summed E-state index contributed by atoms with van der Waals surface area (Å²) in [6, 6.07) is 0.0962. The molecule has 0 saturated heterocycles. The Morgan fingerprint density at radius 1 is 1.64 bits per heavy atom. The van der Waals surface area contributed by atoms with Crippen LogP contribution in [0.3, 0.4) is 0 Å². The Morgan fingerprint density at radius 2 is 2.29 bits per heavy atom. The largest absolute Gasteiger partial charge is 0.352 e. The van der Waals surface area contributed by atoms with E-state index in [0.29, 0.717) is 6.54 Å². The van der Waals surface area contributed by atoms with Crippen molar-refractivity contribution in [1.29, 1.82) is 0 Å². The van der Waals surface area contributed by atoms with E-state index in [1.165, 1.54) is 6.42 Å². The number of hydrogen-bond acceptors (Lipinski definition) is 2. The molecule has 14 heavy (non-hydrogen) atoms. The molecule has 0 radical (unpaired) electrons. The average molecular weight is 198 g/mol. The average Bonchev–Trinajstić information content (AvgIpc) is 2.45. The SMILES string of the molecule is C[C@H](CN)NC(=O)C1CCCC1(C)C. The molecule has 0 bridgehead atoms. The maximum absolute atomic E-state index is 11.9. The summed E-state index contributed by atoms with van der Waals surface area (Å²) in [5.41, 5.74) is 5.64. The molecule has 0 heterocycles. The molecule has 1 aliphatic carbocycles. The minimum absolute atomic E-state index is 0.0962. The molecule has 3 N–H and O–H groups in total. The number of carbonyl (C=O) groups is 1. The minimum Gasteiger partial charge on any atom is -0.352 e. The molecule has 2 atom stereocenters. The van der Waals surface area contributed by atoms with Crippen molar-refractivity contribution in [3.8, 4) is 0 Å². The van der Waals surface area contributed by atoms with Crippen LogP contribution in [0.1, 0.15) is 40.0 Å². The van der Waals surface area contributed by atoms with E-state index in [0.717, 1.165) is 12.8 Å². The normalized spacial score (nSPS) is 27.3. The molecule has 1 fully saturated rings. The van der Waals surface area contributed by atoms with Crippen LogP contribution in [-0.4, -0.2) is 18.5 Å². The Labute approximate surface area is 86.4 Å². The van der Waals surface area contributed by atoms with Crippen LogP contribution in [0.25, 0.3) is 0 Å². The van der Waals surface area contributed by atoms with Gasteiger partial charge in [0.2, 0.25) is 5.91 Å². The predicted molar refractivity (Wildman–Crippen MR) is 57.8 cm³/mol. The number of carbonyl (C=O) groups excluding carboxylic acids is 1. The first-order chi connectivity index (χ1) is 6.47. The van der Waals surface area contributed by atoms with Crippen LogP contribution < -0.4 is 11.1 Å². The summed E-state index contributed by atoms with van der Waals surface area (Å²) in [5.74, 6) is 0.363. The molecule has 0 aromatic carbocycles. The van der Waals surface area contributed by atoms with E-state index in [1.807, 2.05) is 6.92 Å². The zero-order chi connectivity index (χ0) is 10.8. The number of rotatable bonds is 3. The molecule has 1 saturated carbocycles. The highest BCUT2D eigenvalue weighted by molar-refractivity contribution is 5.80. The van der Waals surface area contributed by atoms with Gasteiger partial charge in [0.25, 0.3) is 0 Å². The van der Waals surface area contributed by atoms with Gasteiger partial charge in [-0.3, -0.25) is 4.79 Å². The van der Waals surface area contributed by atoms with E-state index >= 15 is 0 Å². The highest BCUT2D eigenvalue weighted by Gasteiger charge is 2.39. The first-order valence-corrected chi connectivity index (χ1v) is 5.48. The fourth-order valence-corrected chi connectivity index (χ4v) is 2.22. The van der Waals surface area contributed by atoms with Gasteiger partial charge in [0, 0.05) is 18.5 Å². The Kier molecular flexibility index (Phi) is 3.53. The van der Waals surface area contributed by atoms with Gasteiger partial charge in [0.05, 0.1) is 0 Å². The van der Waals surface area contributed by atoms with Crippen LogP contribution in [-0.2, 0) is 4.79 Å². The number of nitrogens with two attached hydrogens (primary N) is 1. The highest BCUT2D eigenvalue weighted by atomic mass is 16.2. The van der Waals surface area contributed by atoms with E-state index in [2.05, 4.69) is 19.2 Å². The van der Waals surface area contributed by atoms with Crippen molar-refractivity contribution < 1.29 is 4.79 Å². The Balaban J connectivity index is 2.52. The van der Waals surface area contributed by atoms with Gasteiger partial charge in [-0.25, -0.2) is 0 Å². The molecule has 1 rings (SSSR count). The van der Waals surface area contributed by atoms with Crippen LogP contribution >= 0.6 is 0 Å². The van der Waals surface area contributed by atoms with Gasteiger partial charge in [0.15, 0.2) is 0 Å². The summed E-state index contributed by atoms with van der Waals surface area (Å²) in [4.78, 5) is 11.9. The lowest BCUT2D eigenvalue weighted by Crippen LogP contribution is -2.43. The van der Waals surface area contributed by atoms with Crippen molar-refractivity contribution in [2.45, 2.75) is 46.1 Å². The summed E-state index contributed by atoms with van der Waals surface area (Å²) >= 11 is 0. The standard InChI is InChI=1S/C11H22N2O/c1-8(7-12)13-10(14)9-5-4-6-11(9,2)3/h8-9H,4-7,12H2,1-3H3,(H,13,14)/t8-,9?/m1/s1. The third-order valence-electron chi connectivity index (χ3n) is 3.32. The smallest absolute Gasteiger partial charge is 0.223 e. The molecule has 0 spiro atoms. The Morgan fingerprint density at radius 3 is 2.71 bits per heavy atom. The summed E-state index contributed by atoms with van der Waals surface area (Å²) in [6.07, 6.45) is 3.35. The van der Waals surface area contributed by atoms with Crippen LogP contribution in [0, 0.1) is 11.3 Å². The monoisotopic (exact) mass is 198 g/mol. The lowest BCUT2D eigenvalue weighted by molar-refractivity contribution is -0.128. The van der Waals surface area contributed by atoms with Crippen LogP contribution in [0.4, 0.5) is 0 Å². The van der Waals surface area contributed by atoms with Crippen molar-refractivity contribution in [1.82, 2.24) is 5.32 Å². The van der Waals surface area contributed by atoms with Gasteiger partial charge in [-0.15, -0.1) is 0 Å². The third-order valence-corrected chi connectivity index (χ3v) is 3.32. The Hall–Kier alpha value is -0.570. The molecule has 82 valence electrons. The van der Waals surface area contributed by atoms with E-state index in [-0.39, 0.29) is 23.3 Å². The molecule has 1 unspecified atom stereocenters. The number of amides is 1. The second-order valence-electron chi connectivity index (χ2n) is 5.08. The van der Waals surface area contributed by atoms with Crippen LogP contribution in [0.15, 0.2) is 0 Å². The third kappa shape index (κ3) is 2.47. The fourth-order valence-electron chi connectivity index (χ4n) is 2.22. The van der Waals surface area contributed by atoms with E-state index in [1.54, 1.807) is 0 Å². The van der Waals surface area contributed by atoms with Gasteiger partial charge in [-0.2, -0.15) is 0 Å². The molecule has 3 heteroatoms. The number of nitrogens with one attached hydrogen (secondary N) is 1. The van der Waals surface area contributed by atoms with Crippen molar-refractivity contribution in [2.75, 3.05) is 6.54 Å². The van der Waals surface area contributed by atoms with Crippen LogP contribution in [0.5, 0.6) is 0 Å². The number of hydrogen-bond donors (Lipinski definition) is 2. The van der Waals surface area contributed by atoms with E-state index in [9.17, 15) is 4.79 Å². The summed E-state index contributed by atoms with van der Waals surface area (Å²) in [5, 5.41) is 2.96. The van der Waals surface area contributed by atoms with Gasteiger partial charge in [-0.1, -0.05) is 20.3 Å². The molecule has 0 aromatic rings. The maximum atomic E-state index is 11.9. The summed E-state index contributed by atoms with van der Waals surface area (Å²) in [6.45, 7) is 6.81. The lowest BCUT2D eigenvalue weighted by Gasteiger charge is -2.27. The molecule has 0 aromatic heterocycles. The summed E-state index contributed by atoms with van der Waals surface area (Å²) in [7, 11) is 0. The molecular formula is C11H22N2O. The second-order valence-corrected chi connectivity index (χ2v) is 5.08.